The minimum Gasteiger partial charge on any atom is -0.363 e. The van der Waals surface area contributed by atoms with Gasteiger partial charge in [0.1, 0.15) is 5.69 Å². The first kappa shape index (κ1) is 21.8. The summed E-state index contributed by atoms with van der Waals surface area (Å²) in [6.07, 6.45) is -2.89. The van der Waals surface area contributed by atoms with Crippen molar-refractivity contribution < 1.29 is 26.5 Å². The van der Waals surface area contributed by atoms with Gasteiger partial charge < -0.3 is 4.90 Å². The van der Waals surface area contributed by atoms with Gasteiger partial charge in [-0.3, -0.25) is 10.1 Å². The Bertz CT molecular complexity index is 870. The number of benzene rings is 1. The van der Waals surface area contributed by atoms with E-state index in [0.717, 1.165) is 25.0 Å². The molecular formula is C17H23F3N4O4S. The van der Waals surface area contributed by atoms with Crippen LogP contribution in [-0.4, -0.2) is 61.2 Å². The second-order valence-electron chi connectivity index (χ2n) is 7.46. The van der Waals surface area contributed by atoms with Crippen LogP contribution in [0.15, 0.2) is 18.2 Å². The molecule has 8 nitrogen and oxygen atoms in total. The molecule has 1 unspecified atom stereocenters. The lowest BCUT2D eigenvalue weighted by Gasteiger charge is -2.39. The molecule has 1 atom stereocenters. The van der Waals surface area contributed by atoms with Gasteiger partial charge in [-0.25, -0.2) is 0 Å². The lowest BCUT2D eigenvalue weighted by atomic mass is 10.0. The van der Waals surface area contributed by atoms with Crippen LogP contribution < -0.4 is 4.90 Å². The zero-order valence-electron chi connectivity index (χ0n) is 15.9. The maximum Gasteiger partial charge on any atom is 0.416 e. The van der Waals surface area contributed by atoms with Gasteiger partial charge in [-0.2, -0.15) is 30.2 Å². The molecule has 0 spiro atoms. The van der Waals surface area contributed by atoms with E-state index in [4.69, 9.17) is 0 Å². The van der Waals surface area contributed by atoms with Crippen molar-refractivity contribution in [2.24, 2.45) is 5.92 Å². The first-order valence-corrected chi connectivity index (χ1v) is 10.8. The van der Waals surface area contributed by atoms with Crippen molar-refractivity contribution >= 4 is 21.6 Å². The maximum absolute atomic E-state index is 12.9. The SMILES string of the molecule is CC1CCCN(S(=O)(=O)N2CCN(c3ccc(C(F)(F)F)cc3[N+](=O)[O-])CC2)C1. The molecule has 12 heteroatoms. The number of hydrogen-bond acceptors (Lipinski definition) is 5. The van der Waals surface area contributed by atoms with Crippen molar-refractivity contribution in [3.63, 3.8) is 0 Å². The molecule has 0 aliphatic carbocycles. The van der Waals surface area contributed by atoms with E-state index in [2.05, 4.69) is 0 Å². The number of alkyl halides is 3. The second kappa shape index (κ2) is 8.07. The normalized spacial score (nSPS) is 22.6. The highest BCUT2D eigenvalue weighted by atomic mass is 32.2. The third-order valence-corrected chi connectivity index (χ3v) is 7.35. The van der Waals surface area contributed by atoms with E-state index in [0.29, 0.717) is 19.2 Å². The summed E-state index contributed by atoms with van der Waals surface area (Å²) in [5.74, 6) is 0.287. The van der Waals surface area contributed by atoms with Crippen molar-refractivity contribution in [2.75, 3.05) is 44.2 Å². The standard InChI is InChI=1S/C17H23F3N4O4S/c1-13-3-2-6-23(12-13)29(27,28)22-9-7-21(8-10-22)15-5-4-14(17(18,19)20)11-16(15)24(25)26/h4-5,11,13H,2-3,6-10,12H2,1H3. The Kier molecular flexibility index (Phi) is 6.06. The van der Waals surface area contributed by atoms with Crippen molar-refractivity contribution in [1.29, 1.82) is 0 Å². The number of piperazine rings is 1. The monoisotopic (exact) mass is 436 g/mol. The van der Waals surface area contributed by atoms with Crippen LogP contribution in [-0.2, 0) is 16.4 Å². The zero-order chi connectivity index (χ0) is 21.4. The fourth-order valence-electron chi connectivity index (χ4n) is 3.79. The molecule has 2 heterocycles. The highest BCUT2D eigenvalue weighted by Gasteiger charge is 2.37. The number of piperidine rings is 1. The summed E-state index contributed by atoms with van der Waals surface area (Å²) < 4.78 is 67.2. The molecule has 162 valence electrons. The van der Waals surface area contributed by atoms with Gasteiger partial charge in [0.2, 0.25) is 0 Å². The molecule has 1 aromatic rings. The molecule has 2 aliphatic rings. The summed E-state index contributed by atoms with van der Waals surface area (Å²) in [5.41, 5.74) is -1.67. The van der Waals surface area contributed by atoms with Crippen LogP contribution in [0.3, 0.4) is 0 Å². The van der Waals surface area contributed by atoms with Crippen molar-refractivity contribution in [2.45, 2.75) is 25.9 Å². The maximum atomic E-state index is 12.9. The first-order valence-electron chi connectivity index (χ1n) is 9.36. The van der Waals surface area contributed by atoms with Gasteiger partial charge in [-0.05, 0) is 30.9 Å². The van der Waals surface area contributed by atoms with E-state index < -0.39 is 32.6 Å². The van der Waals surface area contributed by atoms with Crippen LogP contribution in [0.2, 0.25) is 0 Å². The van der Waals surface area contributed by atoms with Crippen molar-refractivity contribution in [3.8, 4) is 0 Å². The molecule has 0 radical (unpaired) electrons. The van der Waals surface area contributed by atoms with E-state index in [-0.39, 0.29) is 37.8 Å². The number of nitro groups is 1. The molecule has 0 N–H and O–H groups in total. The van der Waals surface area contributed by atoms with Crippen LogP contribution >= 0.6 is 0 Å². The topological polar surface area (TPSA) is 87.0 Å². The van der Waals surface area contributed by atoms with Gasteiger partial charge in [-0.15, -0.1) is 0 Å². The molecule has 1 aromatic carbocycles. The summed E-state index contributed by atoms with van der Waals surface area (Å²) in [6, 6.07) is 2.41. The highest BCUT2D eigenvalue weighted by Crippen LogP contribution is 2.37. The number of anilines is 1. The molecule has 0 amide bonds. The Morgan fingerprint density at radius 1 is 1.10 bits per heavy atom. The number of halogens is 3. The fourth-order valence-corrected chi connectivity index (χ4v) is 5.55. The summed E-state index contributed by atoms with van der Waals surface area (Å²) in [4.78, 5) is 12.0. The molecule has 2 aliphatic heterocycles. The zero-order valence-corrected chi connectivity index (χ0v) is 16.7. The lowest BCUT2D eigenvalue weighted by molar-refractivity contribution is -0.384. The average molecular weight is 436 g/mol. The summed E-state index contributed by atoms with van der Waals surface area (Å²) in [5, 5.41) is 11.3. The molecule has 0 bridgehead atoms. The average Bonchev–Trinajstić information content (AvgIpc) is 2.67. The van der Waals surface area contributed by atoms with Crippen LogP contribution in [0.25, 0.3) is 0 Å². The van der Waals surface area contributed by atoms with Crippen LogP contribution in [0, 0.1) is 16.0 Å². The molecule has 29 heavy (non-hydrogen) atoms. The predicted octanol–water partition coefficient (Wildman–Crippen LogP) is 2.71. The predicted molar refractivity (Wildman–Crippen MR) is 101 cm³/mol. The van der Waals surface area contributed by atoms with E-state index >= 15 is 0 Å². The van der Waals surface area contributed by atoms with E-state index in [1.54, 1.807) is 4.90 Å². The quantitative estimate of drug-likeness (QED) is 0.535. The number of rotatable bonds is 4. The Labute approximate surface area is 167 Å². The van der Waals surface area contributed by atoms with E-state index in [1.807, 2.05) is 6.92 Å². The van der Waals surface area contributed by atoms with Gasteiger partial charge in [0.25, 0.3) is 15.9 Å². The Morgan fingerprint density at radius 3 is 2.31 bits per heavy atom. The third kappa shape index (κ3) is 4.64. The number of nitro benzene ring substituents is 1. The first-order chi connectivity index (χ1) is 13.5. The van der Waals surface area contributed by atoms with Gasteiger partial charge in [0, 0.05) is 45.3 Å². The van der Waals surface area contributed by atoms with Crippen molar-refractivity contribution in [3.05, 3.63) is 33.9 Å². The Balaban J connectivity index is 1.74. The third-order valence-electron chi connectivity index (χ3n) is 5.35. The minimum absolute atomic E-state index is 0.0617. The molecule has 2 saturated heterocycles. The molecule has 2 fully saturated rings. The fraction of sp³-hybridized carbons (Fsp3) is 0.647. The molecule has 0 saturated carbocycles. The second-order valence-corrected chi connectivity index (χ2v) is 9.39. The lowest BCUT2D eigenvalue weighted by Crippen LogP contribution is -2.54. The largest absolute Gasteiger partial charge is 0.416 e. The van der Waals surface area contributed by atoms with Crippen LogP contribution in [0.4, 0.5) is 24.5 Å². The summed E-state index contributed by atoms with van der Waals surface area (Å²) in [7, 11) is -3.62. The highest BCUT2D eigenvalue weighted by molar-refractivity contribution is 7.86. The van der Waals surface area contributed by atoms with Crippen LogP contribution in [0.1, 0.15) is 25.3 Å². The number of nitrogens with zero attached hydrogens (tertiary/aromatic N) is 4. The van der Waals surface area contributed by atoms with Crippen LogP contribution in [0.5, 0.6) is 0 Å². The summed E-state index contributed by atoms with van der Waals surface area (Å²) >= 11 is 0. The number of hydrogen-bond donors (Lipinski definition) is 0. The van der Waals surface area contributed by atoms with Gasteiger partial charge in [0.05, 0.1) is 10.5 Å². The van der Waals surface area contributed by atoms with Gasteiger partial charge in [-0.1, -0.05) is 6.92 Å². The van der Waals surface area contributed by atoms with Gasteiger partial charge >= 0.3 is 6.18 Å². The van der Waals surface area contributed by atoms with E-state index in [1.165, 1.54) is 8.61 Å². The molecular weight excluding hydrogens is 413 g/mol. The summed E-state index contributed by atoms with van der Waals surface area (Å²) in [6.45, 7) is 3.49. The Morgan fingerprint density at radius 2 is 1.76 bits per heavy atom. The van der Waals surface area contributed by atoms with Gasteiger partial charge in [0.15, 0.2) is 0 Å². The van der Waals surface area contributed by atoms with Crippen molar-refractivity contribution in [1.82, 2.24) is 8.61 Å². The minimum atomic E-state index is -4.68. The Hall–Kier alpha value is -1.92. The molecule has 0 aromatic heterocycles. The smallest absolute Gasteiger partial charge is 0.363 e. The van der Waals surface area contributed by atoms with E-state index in [9.17, 15) is 31.7 Å². The molecule has 3 rings (SSSR count).